The average molecular weight is 249 g/mol. The van der Waals surface area contributed by atoms with Crippen LogP contribution in [0.25, 0.3) is 0 Å². The number of carboxylic acids is 1. The summed E-state index contributed by atoms with van der Waals surface area (Å²) >= 11 is 0. The first-order valence-electron chi connectivity index (χ1n) is 6.27. The van der Waals surface area contributed by atoms with E-state index >= 15 is 0 Å². The number of nitrogens with zero attached hydrogens (tertiary/aromatic N) is 1. The van der Waals surface area contributed by atoms with Crippen molar-refractivity contribution in [1.29, 1.82) is 0 Å². The Balaban J connectivity index is 1.93. The summed E-state index contributed by atoms with van der Waals surface area (Å²) in [4.78, 5) is 13.0. The molecule has 1 fully saturated rings. The second kappa shape index (κ2) is 5.98. The van der Waals surface area contributed by atoms with Gasteiger partial charge in [0.25, 0.3) is 0 Å². The van der Waals surface area contributed by atoms with Gasteiger partial charge in [0.1, 0.15) is 0 Å². The van der Waals surface area contributed by atoms with Gasteiger partial charge in [-0.1, -0.05) is 12.1 Å². The maximum Gasteiger partial charge on any atom is 0.335 e. The van der Waals surface area contributed by atoms with Crippen LogP contribution in [0.4, 0.5) is 0 Å². The number of likely N-dealkylation sites (N-methyl/N-ethyl adjacent to an activating group) is 1. The Hall–Kier alpha value is -1.39. The normalized spacial score (nSPS) is 20.0. The maximum atomic E-state index is 10.8. The molecular weight excluding hydrogens is 230 g/mol. The highest BCUT2D eigenvalue weighted by molar-refractivity contribution is 5.87. The van der Waals surface area contributed by atoms with E-state index < -0.39 is 5.97 Å². The van der Waals surface area contributed by atoms with E-state index in [-0.39, 0.29) is 0 Å². The molecule has 1 heterocycles. The van der Waals surface area contributed by atoms with Crippen LogP contribution in [0.1, 0.15) is 28.8 Å². The minimum atomic E-state index is -0.879. The van der Waals surface area contributed by atoms with Crippen molar-refractivity contribution in [3.8, 4) is 0 Å². The van der Waals surface area contributed by atoms with Gasteiger partial charge in [-0.25, -0.2) is 4.79 Å². The minimum Gasteiger partial charge on any atom is -0.478 e. The third-order valence-electron chi connectivity index (χ3n) is 3.39. The molecular formula is C14H19NO3. The summed E-state index contributed by atoms with van der Waals surface area (Å²) in [7, 11) is 2.09. The van der Waals surface area contributed by atoms with E-state index in [2.05, 4.69) is 11.9 Å². The SMILES string of the molecule is CN(Cc1ccc(C(=O)O)cc1)C1CCCOC1. The summed E-state index contributed by atoms with van der Waals surface area (Å²) < 4.78 is 5.47. The number of hydrogen-bond acceptors (Lipinski definition) is 3. The van der Waals surface area contributed by atoms with Crippen LogP contribution in [0.3, 0.4) is 0 Å². The third-order valence-corrected chi connectivity index (χ3v) is 3.39. The molecule has 1 unspecified atom stereocenters. The Bertz CT molecular complexity index is 396. The molecule has 1 N–H and O–H groups in total. The lowest BCUT2D eigenvalue weighted by Crippen LogP contribution is -2.37. The largest absolute Gasteiger partial charge is 0.478 e. The van der Waals surface area contributed by atoms with Gasteiger partial charge in [0.15, 0.2) is 0 Å². The van der Waals surface area contributed by atoms with Crippen molar-refractivity contribution < 1.29 is 14.6 Å². The summed E-state index contributed by atoms with van der Waals surface area (Å²) in [5.41, 5.74) is 1.47. The molecule has 2 rings (SSSR count). The summed E-state index contributed by atoms with van der Waals surface area (Å²) in [6.07, 6.45) is 2.29. The van der Waals surface area contributed by atoms with E-state index in [0.29, 0.717) is 11.6 Å². The van der Waals surface area contributed by atoms with E-state index in [1.807, 2.05) is 12.1 Å². The Morgan fingerprint density at radius 2 is 2.17 bits per heavy atom. The van der Waals surface area contributed by atoms with E-state index in [1.165, 1.54) is 6.42 Å². The highest BCUT2D eigenvalue weighted by Crippen LogP contribution is 2.15. The average Bonchev–Trinajstić information content (AvgIpc) is 2.40. The van der Waals surface area contributed by atoms with Gasteiger partial charge >= 0.3 is 5.97 Å². The number of ether oxygens (including phenoxy) is 1. The smallest absolute Gasteiger partial charge is 0.335 e. The number of carbonyl (C=O) groups is 1. The van der Waals surface area contributed by atoms with Gasteiger partial charge in [0.05, 0.1) is 12.2 Å². The highest BCUT2D eigenvalue weighted by atomic mass is 16.5. The van der Waals surface area contributed by atoms with Gasteiger partial charge < -0.3 is 9.84 Å². The first-order chi connectivity index (χ1) is 8.66. The molecule has 18 heavy (non-hydrogen) atoms. The van der Waals surface area contributed by atoms with E-state index in [9.17, 15) is 4.79 Å². The fourth-order valence-corrected chi connectivity index (χ4v) is 2.24. The lowest BCUT2D eigenvalue weighted by molar-refractivity contribution is 0.0250. The van der Waals surface area contributed by atoms with Gasteiger partial charge in [-0.15, -0.1) is 0 Å². The zero-order chi connectivity index (χ0) is 13.0. The zero-order valence-corrected chi connectivity index (χ0v) is 10.6. The van der Waals surface area contributed by atoms with Crippen LogP contribution < -0.4 is 0 Å². The second-order valence-corrected chi connectivity index (χ2v) is 4.79. The van der Waals surface area contributed by atoms with Crippen molar-refractivity contribution in [2.75, 3.05) is 20.3 Å². The summed E-state index contributed by atoms with van der Waals surface area (Å²) in [6, 6.07) is 7.54. The van der Waals surface area contributed by atoms with Crippen LogP contribution in [0.2, 0.25) is 0 Å². The summed E-state index contributed by atoms with van der Waals surface area (Å²) in [5, 5.41) is 8.83. The minimum absolute atomic E-state index is 0.336. The molecule has 1 aromatic carbocycles. The summed E-state index contributed by atoms with van der Waals surface area (Å²) in [5.74, 6) is -0.879. The number of rotatable bonds is 4. The predicted molar refractivity (Wildman–Crippen MR) is 68.7 cm³/mol. The Labute approximate surface area is 107 Å². The van der Waals surface area contributed by atoms with Crippen LogP contribution in [0, 0.1) is 0 Å². The third kappa shape index (κ3) is 3.31. The number of carboxylic acid groups (broad SMARTS) is 1. The molecule has 1 aliphatic heterocycles. The van der Waals surface area contributed by atoms with Gasteiger partial charge in [0, 0.05) is 19.2 Å². The second-order valence-electron chi connectivity index (χ2n) is 4.79. The molecule has 1 aromatic rings. The van der Waals surface area contributed by atoms with Crippen LogP contribution >= 0.6 is 0 Å². The molecule has 0 saturated carbocycles. The molecule has 4 nitrogen and oxygen atoms in total. The molecule has 4 heteroatoms. The fraction of sp³-hybridized carbons (Fsp3) is 0.500. The van der Waals surface area contributed by atoms with E-state index in [0.717, 1.165) is 31.7 Å². The first-order valence-corrected chi connectivity index (χ1v) is 6.27. The summed E-state index contributed by atoms with van der Waals surface area (Å²) in [6.45, 7) is 2.50. The topological polar surface area (TPSA) is 49.8 Å². The van der Waals surface area contributed by atoms with Crippen molar-refractivity contribution in [3.05, 3.63) is 35.4 Å². The molecule has 0 aromatic heterocycles. The van der Waals surface area contributed by atoms with Crippen LogP contribution in [-0.2, 0) is 11.3 Å². The molecule has 0 bridgehead atoms. The Morgan fingerprint density at radius 1 is 1.44 bits per heavy atom. The Kier molecular flexibility index (Phi) is 4.33. The van der Waals surface area contributed by atoms with Crippen LogP contribution in [-0.4, -0.2) is 42.3 Å². The lowest BCUT2D eigenvalue weighted by Gasteiger charge is -2.31. The first kappa shape index (κ1) is 13.1. The molecule has 0 spiro atoms. The standard InChI is InChI=1S/C14H19NO3/c1-15(13-3-2-8-18-10-13)9-11-4-6-12(7-5-11)14(16)17/h4-7,13H,2-3,8-10H2,1H3,(H,16,17). The number of aromatic carboxylic acids is 1. The fourth-order valence-electron chi connectivity index (χ4n) is 2.24. The van der Waals surface area contributed by atoms with Crippen molar-refractivity contribution in [3.63, 3.8) is 0 Å². The van der Waals surface area contributed by atoms with Crippen LogP contribution in [0.15, 0.2) is 24.3 Å². The predicted octanol–water partition coefficient (Wildman–Crippen LogP) is 2.00. The van der Waals surface area contributed by atoms with Crippen molar-refractivity contribution >= 4 is 5.97 Å². The molecule has 1 aliphatic rings. The van der Waals surface area contributed by atoms with E-state index in [1.54, 1.807) is 12.1 Å². The number of benzene rings is 1. The van der Waals surface area contributed by atoms with Crippen LogP contribution in [0.5, 0.6) is 0 Å². The molecule has 1 atom stereocenters. The molecule has 98 valence electrons. The van der Waals surface area contributed by atoms with Crippen molar-refractivity contribution in [2.24, 2.45) is 0 Å². The van der Waals surface area contributed by atoms with Gasteiger partial charge in [0.2, 0.25) is 0 Å². The zero-order valence-electron chi connectivity index (χ0n) is 10.6. The van der Waals surface area contributed by atoms with Crippen molar-refractivity contribution in [1.82, 2.24) is 4.90 Å². The quantitative estimate of drug-likeness (QED) is 0.886. The molecule has 0 aliphatic carbocycles. The Morgan fingerprint density at radius 3 is 2.72 bits per heavy atom. The maximum absolute atomic E-state index is 10.8. The van der Waals surface area contributed by atoms with Gasteiger partial charge in [-0.05, 0) is 37.6 Å². The highest BCUT2D eigenvalue weighted by Gasteiger charge is 2.18. The monoisotopic (exact) mass is 249 g/mol. The van der Waals surface area contributed by atoms with Gasteiger partial charge in [-0.2, -0.15) is 0 Å². The number of hydrogen-bond donors (Lipinski definition) is 1. The molecule has 0 radical (unpaired) electrons. The molecule has 1 saturated heterocycles. The van der Waals surface area contributed by atoms with Crippen molar-refractivity contribution in [2.45, 2.75) is 25.4 Å². The lowest BCUT2D eigenvalue weighted by atomic mass is 10.1. The van der Waals surface area contributed by atoms with Gasteiger partial charge in [-0.3, -0.25) is 4.90 Å². The molecule has 0 amide bonds. The van der Waals surface area contributed by atoms with E-state index in [4.69, 9.17) is 9.84 Å².